The second-order valence-corrected chi connectivity index (χ2v) is 6.76. The minimum absolute atomic E-state index is 0.122. The molecule has 1 N–H and O–H groups in total. The summed E-state index contributed by atoms with van der Waals surface area (Å²) >= 11 is 1.55. The van der Waals surface area contributed by atoms with Gasteiger partial charge in [-0.25, -0.2) is 4.98 Å². The second-order valence-electron chi connectivity index (χ2n) is 5.73. The summed E-state index contributed by atoms with van der Waals surface area (Å²) in [5.74, 6) is -0.132. The zero-order valence-electron chi connectivity index (χ0n) is 13.1. The number of thiazole rings is 1. The van der Waals surface area contributed by atoms with Gasteiger partial charge in [0.25, 0.3) is 5.91 Å². The number of nitrogens with zero attached hydrogens (tertiary/aromatic N) is 2. The molecule has 1 atom stereocenters. The van der Waals surface area contributed by atoms with Crippen molar-refractivity contribution in [2.45, 2.75) is 18.9 Å². The van der Waals surface area contributed by atoms with Gasteiger partial charge in [-0.15, -0.1) is 11.3 Å². The van der Waals surface area contributed by atoms with Gasteiger partial charge in [-0.05, 0) is 37.1 Å². The molecule has 1 saturated heterocycles. The Labute approximate surface area is 143 Å². The molecule has 0 saturated carbocycles. The summed E-state index contributed by atoms with van der Waals surface area (Å²) < 4.78 is 6.64. The van der Waals surface area contributed by atoms with Crippen LogP contribution in [0.3, 0.4) is 0 Å². The lowest BCUT2D eigenvalue weighted by Crippen LogP contribution is -2.32. The molecule has 1 aliphatic heterocycles. The van der Waals surface area contributed by atoms with Crippen LogP contribution in [0.1, 0.15) is 23.2 Å². The highest BCUT2D eigenvalue weighted by Gasteiger charge is 2.20. The molecule has 1 fully saturated rings. The summed E-state index contributed by atoms with van der Waals surface area (Å²) in [6, 6.07) is 11.5. The smallest absolute Gasteiger partial charge is 0.253 e. The fourth-order valence-electron chi connectivity index (χ4n) is 2.84. The number of fused-ring (bicyclic) bond motifs is 1. The number of aromatic nitrogens is 2. The lowest BCUT2D eigenvalue weighted by molar-refractivity contribution is 0.0858. The van der Waals surface area contributed by atoms with Crippen LogP contribution in [0.15, 0.2) is 42.6 Å². The lowest BCUT2D eigenvalue weighted by Gasteiger charge is -2.11. The van der Waals surface area contributed by atoms with Gasteiger partial charge in [0.15, 0.2) is 0 Å². The van der Waals surface area contributed by atoms with Crippen molar-refractivity contribution in [1.82, 2.24) is 15.3 Å². The summed E-state index contributed by atoms with van der Waals surface area (Å²) in [4.78, 5) is 21.6. The summed E-state index contributed by atoms with van der Waals surface area (Å²) in [5, 5.41) is 3.72. The number of para-hydroxylation sites is 1. The maximum Gasteiger partial charge on any atom is 0.253 e. The molecule has 1 amide bonds. The van der Waals surface area contributed by atoms with Crippen LogP contribution in [0, 0.1) is 0 Å². The summed E-state index contributed by atoms with van der Waals surface area (Å²) in [5.41, 5.74) is 2.10. The molecule has 3 aromatic rings. The molecule has 2 aromatic heterocycles. The van der Waals surface area contributed by atoms with Crippen molar-refractivity contribution in [2.75, 3.05) is 13.2 Å². The molecule has 3 heterocycles. The molecule has 0 spiro atoms. The first-order valence-corrected chi connectivity index (χ1v) is 8.84. The molecule has 0 radical (unpaired) electrons. The predicted molar refractivity (Wildman–Crippen MR) is 94.2 cm³/mol. The Morgan fingerprint density at radius 3 is 3.04 bits per heavy atom. The normalized spacial score (nSPS) is 17.2. The van der Waals surface area contributed by atoms with E-state index in [1.165, 1.54) is 0 Å². The van der Waals surface area contributed by atoms with E-state index in [-0.39, 0.29) is 12.0 Å². The quantitative estimate of drug-likeness (QED) is 0.792. The molecular weight excluding hydrogens is 322 g/mol. The van der Waals surface area contributed by atoms with Crippen LogP contribution in [0.25, 0.3) is 20.9 Å². The fraction of sp³-hybridized carbons (Fsp3) is 0.278. The van der Waals surface area contributed by atoms with Crippen molar-refractivity contribution in [3.05, 3.63) is 48.2 Å². The van der Waals surface area contributed by atoms with Gasteiger partial charge in [0.05, 0.1) is 21.9 Å². The van der Waals surface area contributed by atoms with E-state index in [1.54, 1.807) is 29.7 Å². The number of pyridine rings is 1. The number of nitrogens with one attached hydrogen (secondary N) is 1. The second kappa shape index (κ2) is 6.67. The SMILES string of the molecule is O=C(NCC1CCCO1)c1cccnc1-c1nc2ccccc2s1. The molecule has 122 valence electrons. The van der Waals surface area contributed by atoms with E-state index in [4.69, 9.17) is 4.74 Å². The van der Waals surface area contributed by atoms with Crippen molar-refractivity contribution in [3.8, 4) is 10.7 Å². The van der Waals surface area contributed by atoms with Gasteiger partial charge >= 0.3 is 0 Å². The Bertz CT molecular complexity index is 838. The topological polar surface area (TPSA) is 64.1 Å². The minimum atomic E-state index is -0.132. The number of amides is 1. The number of hydrogen-bond acceptors (Lipinski definition) is 5. The molecule has 24 heavy (non-hydrogen) atoms. The number of benzene rings is 1. The third-order valence-electron chi connectivity index (χ3n) is 4.06. The lowest BCUT2D eigenvalue weighted by atomic mass is 10.1. The first kappa shape index (κ1) is 15.2. The first-order valence-electron chi connectivity index (χ1n) is 8.02. The van der Waals surface area contributed by atoms with Crippen LogP contribution in [-0.2, 0) is 4.74 Å². The van der Waals surface area contributed by atoms with Gasteiger partial charge < -0.3 is 10.1 Å². The fourth-order valence-corrected chi connectivity index (χ4v) is 3.82. The molecule has 1 aromatic carbocycles. The van der Waals surface area contributed by atoms with Crippen LogP contribution in [0.4, 0.5) is 0 Å². The highest BCUT2D eigenvalue weighted by Crippen LogP contribution is 2.30. The first-order chi connectivity index (χ1) is 11.8. The van der Waals surface area contributed by atoms with Gasteiger partial charge in [0.2, 0.25) is 0 Å². The number of rotatable bonds is 4. The van der Waals surface area contributed by atoms with E-state index in [2.05, 4.69) is 15.3 Å². The Balaban J connectivity index is 1.60. The van der Waals surface area contributed by atoms with Crippen LogP contribution in [0.2, 0.25) is 0 Å². The summed E-state index contributed by atoms with van der Waals surface area (Å²) in [7, 11) is 0. The largest absolute Gasteiger partial charge is 0.376 e. The molecule has 5 nitrogen and oxygen atoms in total. The summed E-state index contributed by atoms with van der Waals surface area (Å²) in [6.45, 7) is 1.32. The molecule has 0 bridgehead atoms. The maximum absolute atomic E-state index is 12.6. The van der Waals surface area contributed by atoms with Crippen LogP contribution < -0.4 is 5.32 Å². The Morgan fingerprint density at radius 1 is 1.29 bits per heavy atom. The molecule has 1 unspecified atom stereocenters. The Kier molecular flexibility index (Phi) is 4.23. The maximum atomic E-state index is 12.6. The molecule has 6 heteroatoms. The third-order valence-corrected chi connectivity index (χ3v) is 5.11. The van der Waals surface area contributed by atoms with E-state index in [0.29, 0.717) is 17.8 Å². The molecule has 4 rings (SSSR count). The van der Waals surface area contributed by atoms with E-state index in [1.807, 2.05) is 24.3 Å². The zero-order chi connectivity index (χ0) is 16.4. The van der Waals surface area contributed by atoms with Crippen LogP contribution >= 0.6 is 11.3 Å². The Hall–Kier alpha value is -2.31. The zero-order valence-corrected chi connectivity index (χ0v) is 13.9. The molecular formula is C18H17N3O2S. The number of carbonyl (C=O) groups is 1. The highest BCUT2D eigenvalue weighted by atomic mass is 32.1. The van der Waals surface area contributed by atoms with Crippen LogP contribution in [-0.4, -0.2) is 35.1 Å². The van der Waals surface area contributed by atoms with Gasteiger partial charge in [0.1, 0.15) is 10.7 Å². The minimum Gasteiger partial charge on any atom is -0.376 e. The van der Waals surface area contributed by atoms with Gasteiger partial charge in [-0.1, -0.05) is 12.1 Å². The van der Waals surface area contributed by atoms with Gasteiger partial charge in [0, 0.05) is 19.3 Å². The van der Waals surface area contributed by atoms with E-state index in [0.717, 1.165) is 34.7 Å². The third kappa shape index (κ3) is 3.02. The number of hydrogen-bond donors (Lipinski definition) is 1. The van der Waals surface area contributed by atoms with Gasteiger partial charge in [-0.3, -0.25) is 9.78 Å². The standard InChI is InChI=1S/C18H17N3O2S/c22-17(20-11-12-5-4-10-23-12)13-6-3-9-19-16(13)18-21-14-7-1-2-8-15(14)24-18/h1-3,6-9,12H,4-5,10-11H2,(H,20,22). The van der Waals surface area contributed by atoms with E-state index >= 15 is 0 Å². The van der Waals surface area contributed by atoms with Crippen molar-refractivity contribution >= 4 is 27.5 Å². The summed E-state index contributed by atoms with van der Waals surface area (Å²) in [6.07, 6.45) is 3.87. The van der Waals surface area contributed by atoms with E-state index < -0.39 is 0 Å². The van der Waals surface area contributed by atoms with Gasteiger partial charge in [-0.2, -0.15) is 0 Å². The van der Waals surface area contributed by atoms with Crippen molar-refractivity contribution in [1.29, 1.82) is 0 Å². The average molecular weight is 339 g/mol. The highest BCUT2D eigenvalue weighted by molar-refractivity contribution is 7.21. The van der Waals surface area contributed by atoms with Crippen molar-refractivity contribution in [2.24, 2.45) is 0 Å². The predicted octanol–water partition coefficient (Wildman–Crippen LogP) is 3.27. The van der Waals surface area contributed by atoms with Crippen LogP contribution in [0.5, 0.6) is 0 Å². The van der Waals surface area contributed by atoms with Crippen molar-refractivity contribution < 1.29 is 9.53 Å². The number of carbonyl (C=O) groups excluding carboxylic acids is 1. The molecule has 0 aliphatic carbocycles. The molecule has 1 aliphatic rings. The average Bonchev–Trinajstić information content (AvgIpc) is 3.29. The number of ether oxygens (including phenoxy) is 1. The van der Waals surface area contributed by atoms with Crippen molar-refractivity contribution in [3.63, 3.8) is 0 Å². The Morgan fingerprint density at radius 2 is 2.21 bits per heavy atom. The monoisotopic (exact) mass is 339 g/mol. The van der Waals surface area contributed by atoms with E-state index in [9.17, 15) is 4.79 Å².